The summed E-state index contributed by atoms with van der Waals surface area (Å²) in [7, 11) is -3.94. The maximum atomic E-state index is 13.7. The van der Waals surface area contributed by atoms with E-state index < -0.39 is 34.3 Å². The molecule has 1 N–H and O–H groups in total. The van der Waals surface area contributed by atoms with Crippen molar-refractivity contribution in [2.75, 3.05) is 17.1 Å². The van der Waals surface area contributed by atoms with Crippen LogP contribution >= 0.6 is 23.2 Å². The minimum Gasteiger partial charge on any atom is -0.352 e. The Balaban J connectivity index is 1.88. The molecule has 0 heterocycles. The van der Waals surface area contributed by atoms with Gasteiger partial charge in [-0.25, -0.2) is 12.8 Å². The van der Waals surface area contributed by atoms with Crippen LogP contribution < -0.4 is 9.62 Å². The molecule has 0 saturated heterocycles. The molecule has 0 aliphatic heterocycles. The van der Waals surface area contributed by atoms with E-state index in [0.717, 1.165) is 54.8 Å². The largest absolute Gasteiger partial charge is 0.352 e. The van der Waals surface area contributed by atoms with Crippen molar-refractivity contribution >= 4 is 50.7 Å². The average molecular weight is 559 g/mol. The van der Waals surface area contributed by atoms with Gasteiger partial charge in [-0.05, 0) is 55.7 Å². The van der Waals surface area contributed by atoms with Crippen LogP contribution in [0.5, 0.6) is 0 Å². The minimum absolute atomic E-state index is 0.0410. The number of amides is 2. The fourth-order valence-electron chi connectivity index (χ4n) is 4.24. The zero-order valence-corrected chi connectivity index (χ0v) is 22.5. The number of nitrogens with zero attached hydrogens (tertiary/aromatic N) is 2. The topological polar surface area (TPSA) is 86.8 Å². The quantitative estimate of drug-likeness (QED) is 0.481. The van der Waals surface area contributed by atoms with Gasteiger partial charge in [0, 0.05) is 17.6 Å². The van der Waals surface area contributed by atoms with E-state index in [2.05, 4.69) is 5.32 Å². The van der Waals surface area contributed by atoms with Gasteiger partial charge in [0.05, 0.1) is 17.0 Å². The molecule has 1 fully saturated rings. The zero-order chi connectivity index (χ0) is 26.5. The summed E-state index contributed by atoms with van der Waals surface area (Å²) in [6.45, 7) is 1.06. The summed E-state index contributed by atoms with van der Waals surface area (Å²) in [5, 5.41) is 3.23. The third kappa shape index (κ3) is 7.57. The Bertz CT molecular complexity index is 1210. The maximum absolute atomic E-state index is 13.7. The maximum Gasteiger partial charge on any atom is 0.244 e. The number of halogens is 3. The van der Waals surface area contributed by atoms with Gasteiger partial charge in [0.2, 0.25) is 21.8 Å². The zero-order valence-electron chi connectivity index (χ0n) is 20.2. The van der Waals surface area contributed by atoms with E-state index in [0.29, 0.717) is 10.6 Å². The number of hydrogen-bond donors (Lipinski definition) is 1. The highest BCUT2D eigenvalue weighted by Gasteiger charge is 2.31. The number of benzene rings is 2. The lowest BCUT2D eigenvalue weighted by Crippen LogP contribution is -2.52. The summed E-state index contributed by atoms with van der Waals surface area (Å²) >= 11 is 12.0. The Morgan fingerprint density at radius 1 is 1.11 bits per heavy atom. The fourth-order valence-corrected chi connectivity index (χ4v) is 5.47. The number of carbonyl (C=O) groups is 2. The van der Waals surface area contributed by atoms with Crippen LogP contribution in [-0.4, -0.2) is 50.0 Å². The van der Waals surface area contributed by atoms with E-state index in [-0.39, 0.29) is 29.2 Å². The number of hydrogen-bond acceptors (Lipinski definition) is 4. The first kappa shape index (κ1) is 28.2. The molecule has 1 saturated carbocycles. The second-order valence-electron chi connectivity index (χ2n) is 9.04. The molecule has 11 heteroatoms. The summed E-state index contributed by atoms with van der Waals surface area (Å²) in [5.74, 6) is -1.63. The SMILES string of the molecule is C[C@@H](C(=O)NC1CCCCC1)N(Cc1cccc(Cl)c1)C(=O)CN(c1ccc(F)c(Cl)c1)S(C)(=O)=O. The molecule has 0 aromatic heterocycles. The lowest BCUT2D eigenvalue weighted by molar-refractivity contribution is -0.139. The van der Waals surface area contributed by atoms with E-state index in [4.69, 9.17) is 23.2 Å². The van der Waals surface area contributed by atoms with Crippen molar-refractivity contribution in [3.05, 3.63) is 63.9 Å². The van der Waals surface area contributed by atoms with E-state index in [1.165, 1.54) is 11.0 Å². The van der Waals surface area contributed by atoms with E-state index in [9.17, 15) is 22.4 Å². The van der Waals surface area contributed by atoms with Crippen molar-refractivity contribution in [1.29, 1.82) is 0 Å². The first-order valence-corrected chi connectivity index (χ1v) is 14.3. The van der Waals surface area contributed by atoms with Crippen LogP contribution in [0.15, 0.2) is 42.5 Å². The van der Waals surface area contributed by atoms with Crippen molar-refractivity contribution in [2.45, 2.75) is 57.7 Å². The third-order valence-corrected chi connectivity index (χ3v) is 7.90. The molecule has 1 aliphatic carbocycles. The van der Waals surface area contributed by atoms with Gasteiger partial charge in [0.25, 0.3) is 0 Å². The Hall–Kier alpha value is -2.36. The number of sulfonamides is 1. The fraction of sp³-hybridized carbons (Fsp3) is 0.440. The molecule has 0 unspecified atom stereocenters. The van der Waals surface area contributed by atoms with Gasteiger partial charge in [-0.3, -0.25) is 13.9 Å². The van der Waals surface area contributed by atoms with Crippen molar-refractivity contribution in [3.8, 4) is 0 Å². The molecule has 1 aliphatic rings. The molecule has 2 aromatic rings. The van der Waals surface area contributed by atoms with Crippen molar-refractivity contribution < 1.29 is 22.4 Å². The van der Waals surface area contributed by atoms with Crippen LogP contribution in [0.3, 0.4) is 0 Å². The lowest BCUT2D eigenvalue weighted by atomic mass is 9.95. The van der Waals surface area contributed by atoms with Gasteiger partial charge in [-0.1, -0.05) is 54.6 Å². The summed E-state index contributed by atoms with van der Waals surface area (Å²) in [6, 6.07) is 9.46. The number of carbonyl (C=O) groups excluding carboxylic acids is 2. The molecule has 1 atom stereocenters. The van der Waals surface area contributed by atoms with E-state index in [1.54, 1.807) is 31.2 Å². The van der Waals surface area contributed by atoms with Crippen molar-refractivity contribution in [1.82, 2.24) is 10.2 Å². The molecular weight excluding hydrogens is 528 g/mol. The first-order valence-electron chi connectivity index (χ1n) is 11.7. The van der Waals surface area contributed by atoms with Crippen molar-refractivity contribution in [3.63, 3.8) is 0 Å². The molecule has 36 heavy (non-hydrogen) atoms. The summed E-state index contributed by atoms with van der Waals surface area (Å²) in [4.78, 5) is 28.0. The minimum atomic E-state index is -3.94. The van der Waals surface area contributed by atoms with Gasteiger partial charge < -0.3 is 10.2 Å². The molecule has 2 aromatic carbocycles. The standard InChI is InChI=1S/C25H30Cl2FN3O4S/c1-17(25(33)29-20-9-4-3-5-10-20)30(15-18-7-6-8-19(26)13-18)24(32)16-31(36(2,34)35)21-11-12-23(28)22(27)14-21/h6-8,11-14,17,20H,3-5,9-10,15-16H2,1-2H3,(H,29,33)/t17-/m0/s1. The van der Waals surface area contributed by atoms with Crippen LogP contribution in [0.2, 0.25) is 10.0 Å². The van der Waals surface area contributed by atoms with Gasteiger partial charge in [0.1, 0.15) is 18.4 Å². The molecule has 0 spiro atoms. The second-order valence-corrected chi connectivity index (χ2v) is 11.8. The van der Waals surface area contributed by atoms with Gasteiger partial charge in [-0.2, -0.15) is 0 Å². The van der Waals surface area contributed by atoms with Crippen molar-refractivity contribution in [2.24, 2.45) is 0 Å². The molecule has 3 rings (SSSR count). The van der Waals surface area contributed by atoms with Crippen LogP contribution in [0.1, 0.15) is 44.6 Å². The highest BCUT2D eigenvalue weighted by molar-refractivity contribution is 7.92. The van der Waals surface area contributed by atoms with Crippen LogP contribution in [-0.2, 0) is 26.2 Å². The van der Waals surface area contributed by atoms with Gasteiger partial charge in [-0.15, -0.1) is 0 Å². The molecule has 0 bridgehead atoms. The smallest absolute Gasteiger partial charge is 0.244 e. The molecule has 2 amide bonds. The van der Waals surface area contributed by atoms with Gasteiger partial charge in [0.15, 0.2) is 0 Å². The monoisotopic (exact) mass is 557 g/mol. The van der Waals surface area contributed by atoms with Crippen LogP contribution in [0, 0.1) is 5.82 Å². The van der Waals surface area contributed by atoms with E-state index in [1.807, 2.05) is 0 Å². The number of nitrogens with one attached hydrogen (secondary N) is 1. The average Bonchev–Trinajstić information content (AvgIpc) is 2.82. The normalized spacial score (nSPS) is 15.2. The predicted molar refractivity (Wildman–Crippen MR) is 140 cm³/mol. The number of rotatable bonds is 9. The Kier molecular flexibility index (Phi) is 9.60. The summed E-state index contributed by atoms with van der Waals surface area (Å²) < 4.78 is 39.7. The molecular formula is C25H30Cl2FN3O4S. The van der Waals surface area contributed by atoms with Crippen LogP contribution in [0.25, 0.3) is 0 Å². The molecule has 7 nitrogen and oxygen atoms in total. The van der Waals surface area contributed by atoms with Crippen LogP contribution in [0.4, 0.5) is 10.1 Å². The third-order valence-electron chi connectivity index (χ3n) is 6.23. The Labute approximate surface area is 221 Å². The highest BCUT2D eigenvalue weighted by atomic mass is 35.5. The molecule has 196 valence electrons. The summed E-state index contributed by atoms with van der Waals surface area (Å²) in [6.07, 6.45) is 5.91. The predicted octanol–water partition coefficient (Wildman–Crippen LogP) is 4.76. The lowest BCUT2D eigenvalue weighted by Gasteiger charge is -2.33. The van der Waals surface area contributed by atoms with E-state index >= 15 is 0 Å². The highest BCUT2D eigenvalue weighted by Crippen LogP contribution is 2.25. The van der Waals surface area contributed by atoms with Gasteiger partial charge >= 0.3 is 0 Å². The molecule has 0 radical (unpaired) electrons. The second kappa shape index (κ2) is 12.3. The Morgan fingerprint density at radius 3 is 2.42 bits per heavy atom. The first-order chi connectivity index (χ1) is 17.0. The number of anilines is 1. The summed E-state index contributed by atoms with van der Waals surface area (Å²) in [5.41, 5.74) is 0.725. The Morgan fingerprint density at radius 2 is 1.81 bits per heavy atom.